The second kappa shape index (κ2) is 5.52. The number of hydrogen-bond acceptors (Lipinski definition) is 2. The van der Waals surface area contributed by atoms with E-state index in [4.69, 9.17) is 0 Å². The highest BCUT2D eigenvalue weighted by Gasteiger charge is 2.32. The van der Waals surface area contributed by atoms with E-state index in [9.17, 15) is 13.2 Å². The van der Waals surface area contributed by atoms with Crippen molar-refractivity contribution in [3.05, 3.63) is 41.5 Å². The molecule has 0 amide bonds. The average Bonchev–Trinajstić information content (AvgIpc) is 2.26. The molecule has 0 aromatic heterocycles. The van der Waals surface area contributed by atoms with Crippen LogP contribution in [-0.4, -0.2) is 12.8 Å². The summed E-state index contributed by atoms with van der Waals surface area (Å²) in [5, 5.41) is 3.83. The van der Waals surface area contributed by atoms with Gasteiger partial charge >= 0.3 is 6.18 Å². The fourth-order valence-electron chi connectivity index (χ4n) is 1.32. The van der Waals surface area contributed by atoms with Gasteiger partial charge in [0.1, 0.15) is 0 Å². The van der Waals surface area contributed by atoms with Crippen molar-refractivity contribution < 1.29 is 13.2 Å². The zero-order valence-electron chi connectivity index (χ0n) is 9.55. The molecule has 5 heteroatoms. The first-order chi connectivity index (χ1) is 7.95. The molecule has 0 bridgehead atoms. The van der Waals surface area contributed by atoms with E-state index in [1.165, 1.54) is 24.3 Å². The molecule has 0 atom stereocenters. The molecule has 17 heavy (non-hydrogen) atoms. The highest BCUT2D eigenvalue weighted by atomic mass is 19.4. The molecule has 92 valence electrons. The summed E-state index contributed by atoms with van der Waals surface area (Å²) in [6.07, 6.45) is -1.41. The smallest absolute Gasteiger partial charge is 0.313 e. The van der Waals surface area contributed by atoms with Gasteiger partial charge in [0.2, 0.25) is 0 Å². The van der Waals surface area contributed by atoms with Gasteiger partial charge < -0.3 is 5.43 Å². The quantitative estimate of drug-likeness (QED) is 0.638. The second-order valence-electron chi connectivity index (χ2n) is 3.40. The van der Waals surface area contributed by atoms with Gasteiger partial charge in [-0.1, -0.05) is 24.3 Å². The fraction of sp³-hybridized carbons (Fsp3) is 0.250. The van der Waals surface area contributed by atoms with Crippen LogP contribution in [0.25, 0.3) is 6.08 Å². The summed E-state index contributed by atoms with van der Waals surface area (Å²) >= 11 is 0. The molecule has 0 saturated heterocycles. The molecule has 0 aliphatic carbocycles. The lowest BCUT2D eigenvalue weighted by atomic mass is 10.1. The zero-order chi connectivity index (χ0) is 12.9. The first-order valence-corrected chi connectivity index (χ1v) is 5.00. The van der Waals surface area contributed by atoms with E-state index < -0.39 is 11.7 Å². The maximum Gasteiger partial charge on any atom is 0.416 e. The molecule has 2 nitrogen and oxygen atoms in total. The summed E-state index contributed by atoms with van der Waals surface area (Å²) in [5.41, 5.74) is 2.65. The van der Waals surface area contributed by atoms with Crippen LogP contribution in [0.5, 0.6) is 0 Å². The highest BCUT2D eigenvalue weighted by Crippen LogP contribution is 2.32. The zero-order valence-corrected chi connectivity index (χ0v) is 9.55. The van der Waals surface area contributed by atoms with Crippen molar-refractivity contribution in [3.8, 4) is 0 Å². The van der Waals surface area contributed by atoms with E-state index in [0.29, 0.717) is 5.71 Å². The number of hydrogen-bond donors (Lipinski definition) is 1. The van der Waals surface area contributed by atoms with Crippen LogP contribution in [0.4, 0.5) is 13.2 Å². The van der Waals surface area contributed by atoms with Crippen LogP contribution in [0.1, 0.15) is 18.1 Å². The fourth-order valence-corrected chi connectivity index (χ4v) is 1.32. The number of alkyl halides is 3. The van der Waals surface area contributed by atoms with Gasteiger partial charge in [0, 0.05) is 7.05 Å². The first-order valence-electron chi connectivity index (χ1n) is 5.00. The molecule has 0 fully saturated rings. The maximum absolute atomic E-state index is 12.6. The Hall–Kier alpha value is -1.78. The van der Waals surface area contributed by atoms with Gasteiger partial charge in [0.25, 0.3) is 0 Å². The van der Waals surface area contributed by atoms with Crippen LogP contribution in [-0.2, 0) is 6.18 Å². The number of benzene rings is 1. The Morgan fingerprint density at radius 1 is 1.29 bits per heavy atom. The SMILES string of the molecule is CN/N=C(C)/C=C/c1ccccc1C(F)(F)F. The number of halogens is 3. The third-order valence-corrected chi connectivity index (χ3v) is 2.06. The van der Waals surface area contributed by atoms with Gasteiger partial charge in [-0.05, 0) is 24.6 Å². The number of rotatable bonds is 3. The van der Waals surface area contributed by atoms with E-state index in [1.54, 1.807) is 20.0 Å². The molecule has 1 rings (SSSR count). The Morgan fingerprint density at radius 2 is 1.94 bits per heavy atom. The lowest BCUT2D eigenvalue weighted by molar-refractivity contribution is -0.137. The van der Waals surface area contributed by atoms with Crippen molar-refractivity contribution in [2.45, 2.75) is 13.1 Å². The molecule has 0 heterocycles. The monoisotopic (exact) mass is 242 g/mol. The van der Waals surface area contributed by atoms with Crippen LogP contribution in [0.15, 0.2) is 35.4 Å². The number of nitrogens with one attached hydrogen (secondary N) is 1. The molecule has 0 spiro atoms. The van der Waals surface area contributed by atoms with Crippen molar-refractivity contribution in [2.75, 3.05) is 7.05 Å². The summed E-state index contributed by atoms with van der Waals surface area (Å²) in [4.78, 5) is 0. The van der Waals surface area contributed by atoms with Gasteiger partial charge in [-0.25, -0.2) is 0 Å². The standard InChI is InChI=1S/C12H13F3N2/c1-9(17-16-2)7-8-10-5-3-4-6-11(10)12(13,14)15/h3-8,16H,1-2H3/b8-7+,17-9+. The van der Waals surface area contributed by atoms with Crippen molar-refractivity contribution in [1.82, 2.24) is 5.43 Å². The summed E-state index contributed by atoms with van der Waals surface area (Å²) in [5.74, 6) is 0. The van der Waals surface area contributed by atoms with Gasteiger partial charge in [0.05, 0.1) is 11.3 Å². The van der Waals surface area contributed by atoms with Crippen molar-refractivity contribution in [1.29, 1.82) is 0 Å². The number of allylic oxidation sites excluding steroid dienone is 1. The van der Waals surface area contributed by atoms with E-state index in [1.807, 2.05) is 0 Å². The molecule has 0 unspecified atom stereocenters. The molecule has 0 aliphatic rings. The molecule has 1 N–H and O–H groups in total. The molecule has 0 aliphatic heterocycles. The minimum atomic E-state index is -4.34. The number of nitrogens with zero attached hydrogens (tertiary/aromatic N) is 1. The Kier molecular flexibility index (Phi) is 4.31. The molecule has 0 saturated carbocycles. The van der Waals surface area contributed by atoms with Gasteiger partial charge in [-0.3, -0.25) is 0 Å². The molecule has 1 aromatic rings. The van der Waals surface area contributed by atoms with E-state index in [-0.39, 0.29) is 5.56 Å². The minimum absolute atomic E-state index is 0.130. The van der Waals surface area contributed by atoms with E-state index in [0.717, 1.165) is 6.07 Å². The van der Waals surface area contributed by atoms with Crippen LogP contribution in [0, 0.1) is 0 Å². The predicted molar refractivity (Wildman–Crippen MR) is 62.6 cm³/mol. The lowest BCUT2D eigenvalue weighted by Crippen LogP contribution is -2.07. The van der Waals surface area contributed by atoms with Gasteiger partial charge in [-0.15, -0.1) is 0 Å². The van der Waals surface area contributed by atoms with Crippen LogP contribution in [0.3, 0.4) is 0 Å². The lowest BCUT2D eigenvalue weighted by Gasteiger charge is -2.09. The molecular formula is C12H13F3N2. The first kappa shape index (κ1) is 13.3. The van der Waals surface area contributed by atoms with Gasteiger partial charge in [0.15, 0.2) is 0 Å². The predicted octanol–water partition coefficient (Wildman–Crippen LogP) is 3.31. The third kappa shape index (κ3) is 3.94. The summed E-state index contributed by atoms with van der Waals surface area (Å²) in [6, 6.07) is 5.42. The highest BCUT2D eigenvalue weighted by molar-refractivity contribution is 5.96. The molecule has 1 aromatic carbocycles. The largest absolute Gasteiger partial charge is 0.416 e. The van der Waals surface area contributed by atoms with E-state index in [2.05, 4.69) is 10.5 Å². The van der Waals surface area contributed by atoms with Crippen LogP contribution < -0.4 is 5.43 Å². The van der Waals surface area contributed by atoms with Crippen LogP contribution >= 0.6 is 0 Å². The van der Waals surface area contributed by atoms with Crippen molar-refractivity contribution >= 4 is 11.8 Å². The van der Waals surface area contributed by atoms with Crippen molar-refractivity contribution in [3.63, 3.8) is 0 Å². The topological polar surface area (TPSA) is 24.4 Å². The normalized spacial score (nSPS) is 13.1. The molecule has 0 radical (unpaired) electrons. The Bertz CT molecular complexity index is 434. The number of hydrazone groups is 1. The Balaban J connectivity index is 3.04. The maximum atomic E-state index is 12.6. The average molecular weight is 242 g/mol. The third-order valence-electron chi connectivity index (χ3n) is 2.06. The molecular weight excluding hydrogens is 229 g/mol. The van der Waals surface area contributed by atoms with Crippen molar-refractivity contribution in [2.24, 2.45) is 5.10 Å². The minimum Gasteiger partial charge on any atom is -0.313 e. The Labute approximate surface area is 97.8 Å². The van der Waals surface area contributed by atoms with Crippen LogP contribution in [0.2, 0.25) is 0 Å². The Morgan fingerprint density at radius 3 is 2.53 bits per heavy atom. The second-order valence-corrected chi connectivity index (χ2v) is 3.40. The van der Waals surface area contributed by atoms with Gasteiger partial charge in [-0.2, -0.15) is 18.3 Å². The van der Waals surface area contributed by atoms with E-state index >= 15 is 0 Å². The summed E-state index contributed by atoms with van der Waals surface area (Å²) in [6.45, 7) is 1.70. The summed E-state index contributed by atoms with van der Waals surface area (Å²) in [7, 11) is 1.63. The summed E-state index contributed by atoms with van der Waals surface area (Å²) < 4.78 is 37.9.